The maximum Gasteiger partial charge on any atom is 0.0460 e. The smallest absolute Gasteiger partial charge is 0.0460 e. The van der Waals surface area contributed by atoms with Gasteiger partial charge in [0.2, 0.25) is 0 Å². The molecule has 0 fully saturated rings. The van der Waals surface area contributed by atoms with Crippen LogP contribution in [0.25, 0.3) is 5.57 Å². The molecule has 0 spiro atoms. The molecular weight excluding hydrogens is 244 g/mol. The van der Waals surface area contributed by atoms with E-state index in [1.807, 2.05) is 24.3 Å². The molecule has 0 atom stereocenters. The van der Waals surface area contributed by atoms with E-state index >= 15 is 0 Å². The van der Waals surface area contributed by atoms with Gasteiger partial charge in [-0.15, -0.1) is 0 Å². The molecule has 1 aliphatic carbocycles. The molecule has 0 aliphatic heterocycles. The highest BCUT2D eigenvalue weighted by Gasteiger charge is 2.08. The van der Waals surface area contributed by atoms with Crippen molar-refractivity contribution in [3.63, 3.8) is 0 Å². The first-order valence-corrected chi connectivity index (χ1v) is 6.90. The van der Waals surface area contributed by atoms with Crippen molar-refractivity contribution in [3.8, 4) is 0 Å². The Labute approximate surface area is 119 Å². The Kier molecular flexibility index (Phi) is 3.55. The van der Waals surface area contributed by atoms with E-state index in [2.05, 4.69) is 47.8 Å². The quantitative estimate of drug-likeness (QED) is 0.784. The number of hydrogen-bond acceptors (Lipinski definition) is 2. The number of nitrogen functional groups attached to an aromatic ring is 1. The van der Waals surface area contributed by atoms with Crippen molar-refractivity contribution in [2.45, 2.75) is 12.8 Å². The van der Waals surface area contributed by atoms with E-state index in [9.17, 15) is 0 Å². The van der Waals surface area contributed by atoms with Crippen LogP contribution in [0.1, 0.15) is 18.4 Å². The van der Waals surface area contributed by atoms with E-state index in [1.54, 1.807) is 0 Å². The SMILES string of the molecule is Nc1ccc(Nc2ccccc2C2=CC=CCC2)cc1. The molecule has 0 saturated heterocycles. The van der Waals surface area contributed by atoms with Crippen LogP contribution in [-0.4, -0.2) is 0 Å². The summed E-state index contributed by atoms with van der Waals surface area (Å²) in [6, 6.07) is 16.3. The summed E-state index contributed by atoms with van der Waals surface area (Å²) >= 11 is 0. The maximum absolute atomic E-state index is 5.72. The number of anilines is 3. The minimum absolute atomic E-state index is 0.781. The zero-order valence-corrected chi connectivity index (χ0v) is 11.3. The summed E-state index contributed by atoms with van der Waals surface area (Å²) in [5.74, 6) is 0. The van der Waals surface area contributed by atoms with Gasteiger partial charge in [-0.3, -0.25) is 0 Å². The highest BCUT2D eigenvalue weighted by Crippen LogP contribution is 2.31. The van der Waals surface area contributed by atoms with Crippen LogP contribution >= 0.6 is 0 Å². The Bertz CT molecular complexity index is 651. The summed E-state index contributed by atoms with van der Waals surface area (Å²) in [6.45, 7) is 0. The van der Waals surface area contributed by atoms with Gasteiger partial charge < -0.3 is 11.1 Å². The number of rotatable bonds is 3. The normalized spacial score (nSPS) is 13.9. The second-order valence-electron chi connectivity index (χ2n) is 4.95. The first-order chi connectivity index (χ1) is 9.83. The molecule has 3 rings (SSSR count). The van der Waals surface area contributed by atoms with Crippen LogP contribution in [0, 0.1) is 0 Å². The van der Waals surface area contributed by atoms with E-state index < -0.39 is 0 Å². The lowest BCUT2D eigenvalue weighted by Gasteiger charge is -2.16. The van der Waals surface area contributed by atoms with Gasteiger partial charge in [-0.05, 0) is 48.7 Å². The van der Waals surface area contributed by atoms with Crippen molar-refractivity contribution in [2.75, 3.05) is 11.1 Å². The average molecular weight is 262 g/mol. The van der Waals surface area contributed by atoms with Gasteiger partial charge in [0.05, 0.1) is 0 Å². The van der Waals surface area contributed by atoms with E-state index in [-0.39, 0.29) is 0 Å². The Morgan fingerprint density at radius 3 is 2.50 bits per heavy atom. The van der Waals surface area contributed by atoms with Crippen LogP contribution < -0.4 is 11.1 Å². The van der Waals surface area contributed by atoms with Crippen LogP contribution in [-0.2, 0) is 0 Å². The summed E-state index contributed by atoms with van der Waals surface area (Å²) < 4.78 is 0. The van der Waals surface area contributed by atoms with Gasteiger partial charge in [0, 0.05) is 22.6 Å². The minimum Gasteiger partial charge on any atom is -0.399 e. The lowest BCUT2D eigenvalue weighted by Crippen LogP contribution is -1.97. The zero-order chi connectivity index (χ0) is 13.8. The molecule has 2 aromatic rings. The fourth-order valence-corrected chi connectivity index (χ4v) is 2.42. The first kappa shape index (κ1) is 12.5. The maximum atomic E-state index is 5.72. The number of allylic oxidation sites excluding steroid dienone is 4. The molecule has 1 aliphatic rings. The van der Waals surface area contributed by atoms with Gasteiger partial charge in [-0.25, -0.2) is 0 Å². The van der Waals surface area contributed by atoms with Gasteiger partial charge in [0.15, 0.2) is 0 Å². The van der Waals surface area contributed by atoms with Crippen LogP contribution in [0.5, 0.6) is 0 Å². The molecule has 3 N–H and O–H groups in total. The molecule has 0 bridgehead atoms. The number of hydrogen-bond donors (Lipinski definition) is 2. The average Bonchev–Trinajstić information content (AvgIpc) is 2.51. The van der Waals surface area contributed by atoms with Crippen molar-refractivity contribution in [1.82, 2.24) is 0 Å². The van der Waals surface area contributed by atoms with Crippen LogP contribution in [0.2, 0.25) is 0 Å². The topological polar surface area (TPSA) is 38.0 Å². The predicted molar refractivity (Wildman–Crippen MR) is 86.9 cm³/mol. The zero-order valence-electron chi connectivity index (χ0n) is 11.3. The molecule has 0 unspecified atom stereocenters. The molecule has 0 radical (unpaired) electrons. The number of nitrogens with one attached hydrogen (secondary N) is 1. The fourth-order valence-electron chi connectivity index (χ4n) is 2.42. The summed E-state index contributed by atoms with van der Waals surface area (Å²) in [5, 5.41) is 3.48. The molecular formula is C18H18N2. The van der Waals surface area contributed by atoms with Gasteiger partial charge in [-0.1, -0.05) is 36.4 Å². The molecule has 2 heteroatoms. The predicted octanol–water partition coefficient (Wildman–Crippen LogP) is 4.75. The molecule has 100 valence electrons. The van der Waals surface area contributed by atoms with E-state index in [0.717, 1.165) is 29.9 Å². The summed E-state index contributed by atoms with van der Waals surface area (Å²) in [5.41, 5.74) is 11.3. The van der Waals surface area contributed by atoms with Gasteiger partial charge >= 0.3 is 0 Å². The van der Waals surface area contributed by atoms with Crippen molar-refractivity contribution >= 4 is 22.6 Å². The summed E-state index contributed by atoms with van der Waals surface area (Å²) in [7, 11) is 0. The molecule has 2 nitrogen and oxygen atoms in total. The Morgan fingerprint density at radius 2 is 1.75 bits per heavy atom. The monoisotopic (exact) mass is 262 g/mol. The van der Waals surface area contributed by atoms with Gasteiger partial charge in [0.25, 0.3) is 0 Å². The minimum atomic E-state index is 0.781. The molecule has 0 saturated carbocycles. The second-order valence-corrected chi connectivity index (χ2v) is 4.95. The third-order valence-electron chi connectivity index (χ3n) is 3.48. The molecule has 20 heavy (non-hydrogen) atoms. The van der Waals surface area contributed by atoms with Crippen molar-refractivity contribution in [2.24, 2.45) is 0 Å². The molecule has 0 amide bonds. The Balaban J connectivity index is 1.91. The summed E-state index contributed by atoms with van der Waals surface area (Å²) in [6.07, 6.45) is 8.75. The van der Waals surface area contributed by atoms with Crippen molar-refractivity contribution in [1.29, 1.82) is 0 Å². The highest BCUT2D eigenvalue weighted by molar-refractivity contribution is 5.80. The first-order valence-electron chi connectivity index (χ1n) is 6.90. The standard InChI is InChI=1S/C18H18N2/c19-15-10-12-16(13-11-15)20-18-9-5-4-8-17(18)14-6-2-1-3-7-14/h1-2,4-6,8-13,20H,3,7,19H2. The van der Waals surface area contributed by atoms with E-state index in [0.29, 0.717) is 0 Å². The van der Waals surface area contributed by atoms with Crippen molar-refractivity contribution in [3.05, 3.63) is 72.3 Å². The van der Waals surface area contributed by atoms with Crippen LogP contribution in [0.15, 0.2) is 66.8 Å². The van der Waals surface area contributed by atoms with Crippen molar-refractivity contribution < 1.29 is 0 Å². The largest absolute Gasteiger partial charge is 0.399 e. The van der Waals surface area contributed by atoms with E-state index in [4.69, 9.17) is 5.73 Å². The Morgan fingerprint density at radius 1 is 0.950 bits per heavy atom. The van der Waals surface area contributed by atoms with Crippen LogP contribution in [0.3, 0.4) is 0 Å². The van der Waals surface area contributed by atoms with Gasteiger partial charge in [0.1, 0.15) is 0 Å². The van der Waals surface area contributed by atoms with Crippen LogP contribution in [0.4, 0.5) is 17.1 Å². The lowest BCUT2D eigenvalue weighted by molar-refractivity contribution is 1.05. The van der Waals surface area contributed by atoms with Gasteiger partial charge in [-0.2, -0.15) is 0 Å². The molecule has 0 aromatic heterocycles. The Hall–Kier alpha value is -2.48. The van der Waals surface area contributed by atoms with E-state index in [1.165, 1.54) is 11.1 Å². The number of benzene rings is 2. The third kappa shape index (κ3) is 2.75. The highest BCUT2D eigenvalue weighted by atomic mass is 14.9. The molecule has 0 heterocycles. The second kappa shape index (κ2) is 5.66. The number of nitrogens with two attached hydrogens (primary N) is 1. The summed E-state index contributed by atoms with van der Waals surface area (Å²) in [4.78, 5) is 0. The lowest BCUT2D eigenvalue weighted by atomic mass is 9.96. The fraction of sp³-hybridized carbons (Fsp3) is 0.111. The molecule has 2 aromatic carbocycles. The third-order valence-corrected chi connectivity index (χ3v) is 3.48. The number of para-hydroxylation sites is 1.